The Morgan fingerprint density at radius 2 is 1.81 bits per heavy atom. The molecule has 3 aromatic heterocycles. The molecule has 0 saturated heterocycles. The minimum atomic E-state index is 0.0748. The summed E-state index contributed by atoms with van der Waals surface area (Å²) in [6.07, 6.45) is 3.19. The lowest BCUT2D eigenvalue weighted by Crippen LogP contribution is -2.05. The fourth-order valence-electron chi connectivity index (χ4n) is 2.04. The number of aromatic nitrogens is 4. The Kier molecular flexibility index (Phi) is 5.65. The Labute approximate surface area is 155 Å². The quantitative estimate of drug-likeness (QED) is 0.674. The van der Waals surface area contributed by atoms with Crippen LogP contribution in [0.15, 0.2) is 42.7 Å². The molecule has 0 amide bonds. The molecular formula is C17H16ClN5O3. The van der Waals surface area contributed by atoms with Gasteiger partial charge >= 0.3 is 6.01 Å². The SMILES string of the molecule is COc1cc(OC)nc(Oc2ncccc2CNc2ccc(Cl)cn2)n1. The smallest absolute Gasteiger partial charge is 0.330 e. The van der Waals surface area contributed by atoms with Gasteiger partial charge < -0.3 is 19.5 Å². The topological polar surface area (TPSA) is 91.3 Å². The number of nitrogens with one attached hydrogen (secondary N) is 1. The number of pyridine rings is 2. The number of hydrogen-bond acceptors (Lipinski definition) is 8. The summed E-state index contributed by atoms with van der Waals surface area (Å²) >= 11 is 5.84. The van der Waals surface area contributed by atoms with E-state index in [4.69, 9.17) is 25.8 Å². The molecule has 0 atom stereocenters. The van der Waals surface area contributed by atoms with Crippen molar-refractivity contribution >= 4 is 17.4 Å². The second-order valence-electron chi connectivity index (χ2n) is 5.02. The van der Waals surface area contributed by atoms with Gasteiger partial charge in [-0.05, 0) is 18.2 Å². The van der Waals surface area contributed by atoms with Crippen LogP contribution in [0, 0.1) is 0 Å². The molecule has 0 saturated carbocycles. The lowest BCUT2D eigenvalue weighted by Gasteiger charge is -2.11. The molecule has 0 radical (unpaired) electrons. The Morgan fingerprint density at radius 3 is 2.46 bits per heavy atom. The molecule has 0 aliphatic rings. The van der Waals surface area contributed by atoms with Crippen molar-refractivity contribution in [2.24, 2.45) is 0 Å². The van der Waals surface area contributed by atoms with Crippen LogP contribution < -0.4 is 19.5 Å². The predicted octanol–water partition coefficient (Wildman–Crippen LogP) is 3.34. The molecule has 0 aliphatic carbocycles. The maximum atomic E-state index is 5.84. The number of methoxy groups -OCH3 is 2. The summed E-state index contributed by atoms with van der Waals surface area (Å²) in [5.74, 6) is 1.70. The molecule has 1 N–H and O–H groups in total. The van der Waals surface area contributed by atoms with Gasteiger partial charge in [0.1, 0.15) is 5.82 Å². The fourth-order valence-corrected chi connectivity index (χ4v) is 2.15. The Morgan fingerprint density at radius 1 is 1.04 bits per heavy atom. The highest BCUT2D eigenvalue weighted by Crippen LogP contribution is 2.25. The van der Waals surface area contributed by atoms with Gasteiger partial charge in [0.25, 0.3) is 0 Å². The van der Waals surface area contributed by atoms with E-state index in [1.165, 1.54) is 14.2 Å². The van der Waals surface area contributed by atoms with E-state index in [1.807, 2.05) is 12.1 Å². The van der Waals surface area contributed by atoms with E-state index in [0.717, 1.165) is 5.56 Å². The third kappa shape index (κ3) is 4.48. The minimum absolute atomic E-state index is 0.0748. The molecule has 0 bridgehead atoms. The van der Waals surface area contributed by atoms with Gasteiger partial charge in [0.05, 0.1) is 25.3 Å². The van der Waals surface area contributed by atoms with Gasteiger partial charge in [-0.25, -0.2) is 9.97 Å². The van der Waals surface area contributed by atoms with Crippen molar-refractivity contribution in [1.29, 1.82) is 0 Å². The van der Waals surface area contributed by atoms with E-state index in [9.17, 15) is 0 Å². The average molecular weight is 374 g/mol. The highest BCUT2D eigenvalue weighted by Gasteiger charge is 2.11. The van der Waals surface area contributed by atoms with Crippen LogP contribution in [-0.4, -0.2) is 34.2 Å². The normalized spacial score (nSPS) is 10.3. The molecule has 8 nitrogen and oxygen atoms in total. The number of rotatable bonds is 7. The van der Waals surface area contributed by atoms with Crippen molar-refractivity contribution in [3.8, 4) is 23.7 Å². The number of anilines is 1. The number of nitrogens with zero attached hydrogens (tertiary/aromatic N) is 4. The van der Waals surface area contributed by atoms with Crippen LogP contribution in [0.1, 0.15) is 5.56 Å². The molecule has 0 unspecified atom stereocenters. The molecule has 0 aromatic carbocycles. The average Bonchev–Trinajstić information content (AvgIpc) is 2.68. The van der Waals surface area contributed by atoms with Gasteiger partial charge in [-0.2, -0.15) is 9.97 Å². The molecule has 3 aromatic rings. The zero-order chi connectivity index (χ0) is 18.4. The lowest BCUT2D eigenvalue weighted by atomic mass is 10.2. The van der Waals surface area contributed by atoms with Crippen LogP contribution in [0.3, 0.4) is 0 Å². The van der Waals surface area contributed by atoms with Gasteiger partial charge in [0, 0.05) is 24.5 Å². The van der Waals surface area contributed by atoms with E-state index in [1.54, 1.807) is 30.6 Å². The third-order valence-corrected chi connectivity index (χ3v) is 3.53. The summed E-state index contributed by atoms with van der Waals surface area (Å²) in [6.45, 7) is 0.443. The fraction of sp³-hybridized carbons (Fsp3) is 0.176. The van der Waals surface area contributed by atoms with Gasteiger partial charge in [0.15, 0.2) is 0 Å². The van der Waals surface area contributed by atoms with Gasteiger partial charge in [-0.15, -0.1) is 0 Å². The first-order chi connectivity index (χ1) is 12.7. The zero-order valence-corrected chi connectivity index (χ0v) is 14.9. The highest BCUT2D eigenvalue weighted by atomic mass is 35.5. The number of hydrogen-bond donors (Lipinski definition) is 1. The minimum Gasteiger partial charge on any atom is -0.481 e. The summed E-state index contributed by atoms with van der Waals surface area (Å²) in [4.78, 5) is 16.7. The molecule has 0 aliphatic heterocycles. The van der Waals surface area contributed by atoms with Crippen LogP contribution >= 0.6 is 11.6 Å². The van der Waals surface area contributed by atoms with Crippen LogP contribution in [0.4, 0.5) is 5.82 Å². The maximum Gasteiger partial charge on any atom is 0.330 e. The van der Waals surface area contributed by atoms with E-state index in [2.05, 4.69) is 25.3 Å². The largest absolute Gasteiger partial charge is 0.481 e. The van der Waals surface area contributed by atoms with Gasteiger partial charge in [-0.1, -0.05) is 17.7 Å². The Balaban J connectivity index is 1.77. The van der Waals surface area contributed by atoms with Crippen molar-refractivity contribution in [3.05, 3.63) is 53.3 Å². The van der Waals surface area contributed by atoms with E-state index in [-0.39, 0.29) is 6.01 Å². The van der Waals surface area contributed by atoms with E-state index < -0.39 is 0 Å². The summed E-state index contributed by atoms with van der Waals surface area (Å²) in [6, 6.07) is 8.86. The number of ether oxygens (including phenoxy) is 3. The standard InChI is InChI=1S/C17H16ClN5O3/c1-24-14-8-15(25-2)23-17(22-14)26-16-11(4-3-7-19-16)9-20-13-6-5-12(18)10-21-13/h3-8,10H,9H2,1-2H3,(H,20,21). The maximum absolute atomic E-state index is 5.84. The Hall–Kier alpha value is -3.13. The summed E-state index contributed by atoms with van der Waals surface area (Å²) in [7, 11) is 3.00. The second-order valence-corrected chi connectivity index (χ2v) is 5.46. The summed E-state index contributed by atoms with van der Waals surface area (Å²) in [5, 5.41) is 3.75. The van der Waals surface area contributed by atoms with Crippen LogP contribution in [0.5, 0.6) is 23.7 Å². The molecule has 26 heavy (non-hydrogen) atoms. The van der Waals surface area contributed by atoms with Crippen LogP contribution in [0.2, 0.25) is 5.02 Å². The second kappa shape index (κ2) is 8.30. The van der Waals surface area contributed by atoms with Crippen molar-refractivity contribution < 1.29 is 14.2 Å². The molecule has 134 valence electrons. The zero-order valence-electron chi connectivity index (χ0n) is 14.1. The van der Waals surface area contributed by atoms with Gasteiger partial charge in [-0.3, -0.25) is 0 Å². The predicted molar refractivity (Wildman–Crippen MR) is 96.0 cm³/mol. The van der Waals surface area contributed by atoms with E-state index in [0.29, 0.717) is 35.0 Å². The van der Waals surface area contributed by atoms with Crippen LogP contribution in [-0.2, 0) is 6.54 Å². The summed E-state index contributed by atoms with van der Waals surface area (Å²) < 4.78 is 16.0. The third-order valence-electron chi connectivity index (χ3n) is 3.30. The van der Waals surface area contributed by atoms with Crippen LogP contribution in [0.25, 0.3) is 0 Å². The summed E-state index contributed by atoms with van der Waals surface area (Å²) in [5.41, 5.74) is 0.801. The molecular weight excluding hydrogens is 358 g/mol. The number of halogens is 1. The lowest BCUT2D eigenvalue weighted by molar-refractivity contribution is 0.344. The Bertz CT molecular complexity index is 854. The highest BCUT2D eigenvalue weighted by molar-refractivity contribution is 6.30. The first-order valence-electron chi connectivity index (χ1n) is 7.62. The monoisotopic (exact) mass is 373 g/mol. The van der Waals surface area contributed by atoms with Crippen molar-refractivity contribution in [2.45, 2.75) is 6.54 Å². The van der Waals surface area contributed by atoms with Gasteiger partial charge in [0.2, 0.25) is 17.6 Å². The molecule has 3 rings (SSSR count). The molecule has 9 heteroatoms. The van der Waals surface area contributed by atoms with E-state index >= 15 is 0 Å². The molecule has 0 fully saturated rings. The van der Waals surface area contributed by atoms with Crippen molar-refractivity contribution in [2.75, 3.05) is 19.5 Å². The molecule has 3 heterocycles. The van der Waals surface area contributed by atoms with Crippen molar-refractivity contribution in [3.63, 3.8) is 0 Å². The first-order valence-corrected chi connectivity index (χ1v) is 8.00. The van der Waals surface area contributed by atoms with Crippen molar-refractivity contribution in [1.82, 2.24) is 19.9 Å². The first kappa shape index (κ1) is 17.7. The molecule has 0 spiro atoms.